The van der Waals surface area contributed by atoms with Crippen LogP contribution in [0.2, 0.25) is 0 Å². The summed E-state index contributed by atoms with van der Waals surface area (Å²) in [5.74, 6) is 0.599. The quantitative estimate of drug-likeness (QED) is 0.897. The van der Waals surface area contributed by atoms with Gasteiger partial charge in [0.2, 0.25) is 0 Å². The first-order chi connectivity index (χ1) is 9.06. The van der Waals surface area contributed by atoms with Crippen LogP contribution in [0.15, 0.2) is 34.9 Å². The van der Waals surface area contributed by atoms with Crippen molar-refractivity contribution < 1.29 is 9.52 Å². The monoisotopic (exact) mass is 261 g/mol. The summed E-state index contributed by atoms with van der Waals surface area (Å²) in [6.07, 6.45) is 1.83. The third kappa shape index (κ3) is 2.67. The lowest BCUT2D eigenvalue weighted by molar-refractivity contribution is 0.100. The normalized spacial score (nSPS) is 15.3. The molecule has 0 aliphatic rings. The van der Waals surface area contributed by atoms with Crippen LogP contribution < -0.4 is 0 Å². The van der Waals surface area contributed by atoms with Gasteiger partial charge in [0, 0.05) is 29.5 Å². The fourth-order valence-electron chi connectivity index (χ4n) is 2.79. The smallest absolute Gasteiger partial charge is 0.134 e. The number of aliphatic hydroxyl groups is 1. The molecule has 2 atom stereocenters. The second-order valence-corrected chi connectivity index (χ2v) is 5.69. The van der Waals surface area contributed by atoms with E-state index in [0.29, 0.717) is 5.92 Å². The van der Waals surface area contributed by atoms with E-state index in [2.05, 4.69) is 38.9 Å². The van der Waals surface area contributed by atoms with Gasteiger partial charge in [0.25, 0.3) is 0 Å². The van der Waals surface area contributed by atoms with Crippen molar-refractivity contribution >= 4 is 11.0 Å². The van der Waals surface area contributed by atoms with Crippen molar-refractivity contribution in [3.05, 3.63) is 36.1 Å². The maximum absolute atomic E-state index is 9.73. The number of fused-ring (bicyclic) bond motifs is 1. The molecule has 0 amide bonds. The first-order valence-corrected chi connectivity index (χ1v) is 6.79. The Morgan fingerprint density at radius 2 is 1.89 bits per heavy atom. The minimum atomic E-state index is 0.161. The van der Waals surface area contributed by atoms with Crippen molar-refractivity contribution in [2.45, 2.75) is 19.9 Å². The zero-order valence-electron chi connectivity index (χ0n) is 12.1. The van der Waals surface area contributed by atoms with E-state index in [4.69, 9.17) is 4.42 Å². The summed E-state index contributed by atoms with van der Waals surface area (Å²) in [4.78, 5) is 2.16. The number of benzene rings is 1. The van der Waals surface area contributed by atoms with Gasteiger partial charge in [-0.25, -0.2) is 0 Å². The minimum Gasteiger partial charge on any atom is -0.464 e. The largest absolute Gasteiger partial charge is 0.464 e. The van der Waals surface area contributed by atoms with E-state index in [9.17, 15) is 5.11 Å². The van der Waals surface area contributed by atoms with Gasteiger partial charge in [-0.3, -0.25) is 0 Å². The molecule has 2 aromatic rings. The highest BCUT2D eigenvalue weighted by Crippen LogP contribution is 2.36. The molecule has 0 saturated carbocycles. The number of nitrogens with zero attached hydrogens (tertiary/aromatic N) is 1. The number of hydrogen-bond acceptors (Lipinski definition) is 3. The first-order valence-electron chi connectivity index (χ1n) is 6.79. The van der Waals surface area contributed by atoms with Crippen molar-refractivity contribution in [1.82, 2.24) is 4.90 Å². The van der Waals surface area contributed by atoms with Crippen molar-refractivity contribution in [2.75, 3.05) is 20.7 Å². The second kappa shape index (κ2) is 5.76. The molecule has 1 aromatic heterocycles. The Hall–Kier alpha value is -1.32. The summed E-state index contributed by atoms with van der Waals surface area (Å²) in [6.45, 7) is 4.49. The van der Waals surface area contributed by atoms with Gasteiger partial charge >= 0.3 is 0 Å². The maximum atomic E-state index is 9.73. The number of furan rings is 1. The predicted octanol–water partition coefficient (Wildman–Crippen LogP) is 3.30. The van der Waals surface area contributed by atoms with Crippen molar-refractivity contribution in [2.24, 2.45) is 11.8 Å². The molecule has 0 bridgehead atoms. The highest BCUT2D eigenvalue weighted by molar-refractivity contribution is 5.81. The molecular formula is C16H23NO2. The Morgan fingerprint density at radius 1 is 1.21 bits per heavy atom. The van der Waals surface area contributed by atoms with Crippen molar-refractivity contribution in [3.63, 3.8) is 0 Å². The molecule has 2 unspecified atom stereocenters. The van der Waals surface area contributed by atoms with Gasteiger partial charge in [-0.2, -0.15) is 0 Å². The molecule has 19 heavy (non-hydrogen) atoms. The van der Waals surface area contributed by atoms with Crippen LogP contribution in [0.1, 0.15) is 25.5 Å². The summed E-state index contributed by atoms with van der Waals surface area (Å²) >= 11 is 0. The van der Waals surface area contributed by atoms with Crippen LogP contribution in [0.25, 0.3) is 11.0 Å². The molecular weight excluding hydrogens is 238 g/mol. The standard InChI is InChI=1S/C16H23NO2/c1-11(2)13(9-18)16(17(3)4)14-10-19-15-8-6-5-7-12(14)15/h5-8,10-11,13,16,18H,9H2,1-4H3. The molecule has 0 radical (unpaired) electrons. The zero-order valence-corrected chi connectivity index (χ0v) is 12.1. The van der Waals surface area contributed by atoms with Gasteiger partial charge < -0.3 is 14.4 Å². The molecule has 0 spiro atoms. The molecule has 1 heterocycles. The average Bonchev–Trinajstić information content (AvgIpc) is 2.78. The Labute approximate surface area is 114 Å². The molecule has 0 aliphatic heterocycles. The zero-order chi connectivity index (χ0) is 14.0. The first kappa shape index (κ1) is 14.1. The van der Waals surface area contributed by atoms with Gasteiger partial charge in [-0.1, -0.05) is 32.0 Å². The number of hydrogen-bond donors (Lipinski definition) is 1. The van der Waals surface area contributed by atoms with E-state index >= 15 is 0 Å². The van der Waals surface area contributed by atoms with Crippen LogP contribution >= 0.6 is 0 Å². The predicted molar refractivity (Wildman–Crippen MR) is 78.1 cm³/mol. The highest BCUT2D eigenvalue weighted by Gasteiger charge is 2.29. The fourth-order valence-corrected chi connectivity index (χ4v) is 2.79. The number of para-hydroxylation sites is 1. The molecule has 0 saturated heterocycles. The van der Waals surface area contributed by atoms with E-state index in [1.54, 1.807) is 0 Å². The summed E-state index contributed by atoms with van der Waals surface area (Å²) < 4.78 is 5.65. The molecule has 1 N–H and O–H groups in total. The highest BCUT2D eigenvalue weighted by atomic mass is 16.3. The lowest BCUT2D eigenvalue weighted by atomic mass is 9.84. The summed E-state index contributed by atoms with van der Waals surface area (Å²) in [6, 6.07) is 8.23. The SMILES string of the molecule is CC(C)C(CO)C(c1coc2ccccc12)N(C)C. The maximum Gasteiger partial charge on any atom is 0.134 e. The topological polar surface area (TPSA) is 36.6 Å². The summed E-state index contributed by atoms with van der Waals surface area (Å²) in [7, 11) is 4.11. The lowest BCUT2D eigenvalue weighted by Crippen LogP contribution is -2.32. The van der Waals surface area contributed by atoms with Crippen LogP contribution in [0.4, 0.5) is 0 Å². The fraction of sp³-hybridized carbons (Fsp3) is 0.500. The van der Waals surface area contributed by atoms with Crippen LogP contribution in [0.3, 0.4) is 0 Å². The molecule has 3 heteroatoms. The van der Waals surface area contributed by atoms with E-state index in [-0.39, 0.29) is 18.6 Å². The second-order valence-electron chi connectivity index (χ2n) is 5.69. The lowest BCUT2D eigenvalue weighted by Gasteiger charge is -2.33. The van der Waals surface area contributed by atoms with E-state index in [0.717, 1.165) is 16.5 Å². The van der Waals surface area contributed by atoms with Crippen LogP contribution in [-0.2, 0) is 0 Å². The van der Waals surface area contributed by atoms with Gasteiger partial charge in [-0.05, 0) is 26.1 Å². The van der Waals surface area contributed by atoms with Gasteiger partial charge in [0.05, 0.1) is 6.26 Å². The van der Waals surface area contributed by atoms with Gasteiger partial charge in [0.15, 0.2) is 0 Å². The molecule has 2 rings (SSSR count). The Bertz CT molecular complexity index is 530. The molecule has 0 aliphatic carbocycles. The number of rotatable bonds is 5. The van der Waals surface area contributed by atoms with E-state index < -0.39 is 0 Å². The third-order valence-electron chi connectivity index (χ3n) is 3.86. The Kier molecular flexibility index (Phi) is 4.27. The van der Waals surface area contributed by atoms with Crippen molar-refractivity contribution in [3.8, 4) is 0 Å². The van der Waals surface area contributed by atoms with Crippen molar-refractivity contribution in [1.29, 1.82) is 0 Å². The Balaban J connectivity index is 2.50. The van der Waals surface area contributed by atoms with E-state index in [1.165, 1.54) is 0 Å². The molecule has 0 fully saturated rings. The van der Waals surface area contributed by atoms with Crippen LogP contribution in [0, 0.1) is 11.8 Å². The number of aliphatic hydroxyl groups excluding tert-OH is 1. The van der Waals surface area contributed by atoms with Crippen LogP contribution in [-0.4, -0.2) is 30.7 Å². The Morgan fingerprint density at radius 3 is 2.47 bits per heavy atom. The average molecular weight is 261 g/mol. The van der Waals surface area contributed by atoms with Gasteiger partial charge in [-0.15, -0.1) is 0 Å². The van der Waals surface area contributed by atoms with Gasteiger partial charge in [0.1, 0.15) is 5.58 Å². The van der Waals surface area contributed by atoms with E-state index in [1.807, 2.05) is 24.5 Å². The molecule has 3 nitrogen and oxygen atoms in total. The molecule has 1 aromatic carbocycles. The summed E-state index contributed by atoms with van der Waals surface area (Å²) in [5.41, 5.74) is 2.07. The summed E-state index contributed by atoms with van der Waals surface area (Å²) in [5, 5.41) is 10.9. The van der Waals surface area contributed by atoms with Crippen LogP contribution in [0.5, 0.6) is 0 Å². The molecule has 104 valence electrons. The minimum absolute atomic E-state index is 0.161. The third-order valence-corrected chi connectivity index (χ3v) is 3.86.